The van der Waals surface area contributed by atoms with E-state index in [1.54, 1.807) is 47.0 Å². The summed E-state index contributed by atoms with van der Waals surface area (Å²) in [5, 5.41) is 1.07. The smallest absolute Gasteiger partial charge is 0.320 e. The standard InChI is InChI=1S/C25H17Cl2FN4O2/c26-18-7-11-20(12-8-18)32-23-22(30(15-29-23)14-17-3-1-2-4-21(17)27)24(33)31(25(32)34)13-16-5-9-19(28)10-6-16/h1-12,15H,13-14H2. The molecule has 2 heterocycles. The van der Waals surface area contributed by atoms with Gasteiger partial charge in [-0.05, 0) is 53.6 Å². The number of rotatable bonds is 5. The molecule has 0 amide bonds. The normalized spacial score (nSPS) is 11.3. The Morgan fingerprint density at radius 3 is 2.26 bits per heavy atom. The molecule has 0 aliphatic carbocycles. The van der Waals surface area contributed by atoms with E-state index < -0.39 is 17.1 Å². The molecule has 9 heteroatoms. The van der Waals surface area contributed by atoms with Gasteiger partial charge in [-0.15, -0.1) is 0 Å². The average molecular weight is 495 g/mol. The van der Waals surface area contributed by atoms with Crippen molar-refractivity contribution in [3.63, 3.8) is 0 Å². The second-order valence-electron chi connectivity index (χ2n) is 7.75. The van der Waals surface area contributed by atoms with Gasteiger partial charge in [0.15, 0.2) is 11.2 Å². The zero-order valence-corrected chi connectivity index (χ0v) is 19.2. The molecule has 0 saturated carbocycles. The lowest BCUT2D eigenvalue weighted by molar-refractivity contribution is 0.624. The second kappa shape index (κ2) is 8.93. The minimum Gasteiger partial charge on any atom is -0.320 e. The van der Waals surface area contributed by atoms with Crippen LogP contribution in [0.4, 0.5) is 4.39 Å². The molecule has 0 N–H and O–H groups in total. The first-order valence-electron chi connectivity index (χ1n) is 10.4. The number of hydrogen-bond acceptors (Lipinski definition) is 3. The molecule has 0 saturated heterocycles. The highest BCUT2D eigenvalue weighted by Crippen LogP contribution is 2.20. The van der Waals surface area contributed by atoms with Gasteiger partial charge in [-0.2, -0.15) is 0 Å². The highest BCUT2D eigenvalue weighted by atomic mass is 35.5. The molecule has 0 radical (unpaired) electrons. The van der Waals surface area contributed by atoms with Crippen molar-refractivity contribution in [3.8, 4) is 5.69 Å². The molecule has 6 nitrogen and oxygen atoms in total. The SMILES string of the molecule is O=c1c2c(ncn2Cc2ccccc2Cl)n(-c2ccc(Cl)cc2)c(=O)n1Cc1ccc(F)cc1. The van der Waals surface area contributed by atoms with Crippen LogP contribution in [0.1, 0.15) is 11.1 Å². The minimum absolute atomic E-state index is 0.0290. The molecule has 0 fully saturated rings. The van der Waals surface area contributed by atoms with Crippen molar-refractivity contribution in [2.45, 2.75) is 13.1 Å². The van der Waals surface area contributed by atoms with Crippen molar-refractivity contribution >= 4 is 34.4 Å². The van der Waals surface area contributed by atoms with Gasteiger partial charge in [0.05, 0.1) is 25.1 Å². The van der Waals surface area contributed by atoms with Gasteiger partial charge in [-0.25, -0.2) is 18.7 Å². The molecule has 0 aliphatic heterocycles. The minimum atomic E-state index is -0.563. The first kappa shape index (κ1) is 22.1. The maximum Gasteiger partial charge on any atom is 0.337 e. The van der Waals surface area contributed by atoms with Gasteiger partial charge >= 0.3 is 5.69 Å². The summed E-state index contributed by atoms with van der Waals surface area (Å²) >= 11 is 12.4. The van der Waals surface area contributed by atoms with Gasteiger partial charge in [-0.3, -0.25) is 9.36 Å². The van der Waals surface area contributed by atoms with E-state index in [0.29, 0.717) is 27.8 Å². The summed E-state index contributed by atoms with van der Waals surface area (Å²) in [6, 6.07) is 19.7. The molecule has 0 atom stereocenters. The molecular weight excluding hydrogens is 478 g/mol. The predicted octanol–water partition coefficient (Wildman–Crippen LogP) is 4.89. The number of imidazole rings is 1. The van der Waals surface area contributed by atoms with Gasteiger partial charge < -0.3 is 4.57 Å². The summed E-state index contributed by atoms with van der Waals surface area (Å²) in [6.45, 7) is 0.263. The third kappa shape index (κ3) is 4.04. The van der Waals surface area contributed by atoms with Crippen LogP contribution in [0.2, 0.25) is 10.0 Å². The predicted molar refractivity (Wildman–Crippen MR) is 131 cm³/mol. The average Bonchev–Trinajstić information content (AvgIpc) is 3.24. The Morgan fingerprint density at radius 1 is 0.853 bits per heavy atom. The molecule has 3 aromatic carbocycles. The van der Waals surface area contributed by atoms with Crippen molar-refractivity contribution in [3.05, 3.63) is 127 Å². The first-order valence-corrected chi connectivity index (χ1v) is 11.1. The maximum atomic E-state index is 13.6. The van der Waals surface area contributed by atoms with Crippen LogP contribution >= 0.6 is 23.2 Å². The van der Waals surface area contributed by atoms with Crippen LogP contribution in [0, 0.1) is 5.82 Å². The van der Waals surface area contributed by atoms with Gasteiger partial charge in [0.1, 0.15) is 5.82 Å². The van der Waals surface area contributed by atoms with Gasteiger partial charge in [0.25, 0.3) is 5.56 Å². The summed E-state index contributed by atoms with van der Waals surface area (Å²) in [4.78, 5) is 31.5. The fourth-order valence-corrected chi connectivity index (χ4v) is 4.17. The van der Waals surface area contributed by atoms with Crippen LogP contribution < -0.4 is 11.2 Å². The maximum absolute atomic E-state index is 13.6. The Labute approximate surface area is 203 Å². The molecule has 34 heavy (non-hydrogen) atoms. The highest BCUT2D eigenvalue weighted by Gasteiger charge is 2.20. The molecule has 0 unspecified atom stereocenters. The summed E-state index contributed by atoms with van der Waals surface area (Å²) < 4.78 is 17.6. The molecule has 2 aromatic heterocycles. The Hall–Kier alpha value is -3.68. The summed E-state index contributed by atoms with van der Waals surface area (Å²) in [6.07, 6.45) is 1.52. The van der Waals surface area contributed by atoms with Crippen molar-refractivity contribution in [1.29, 1.82) is 0 Å². The van der Waals surface area contributed by atoms with Crippen LogP contribution in [0.15, 0.2) is 88.7 Å². The van der Waals surface area contributed by atoms with E-state index in [1.807, 2.05) is 18.2 Å². The van der Waals surface area contributed by atoms with E-state index in [1.165, 1.54) is 23.0 Å². The van der Waals surface area contributed by atoms with E-state index in [4.69, 9.17) is 23.2 Å². The number of hydrogen-bond donors (Lipinski definition) is 0. The molecule has 5 rings (SSSR count). The van der Waals surface area contributed by atoms with Crippen molar-refractivity contribution < 1.29 is 4.39 Å². The Bertz CT molecular complexity index is 1620. The quantitative estimate of drug-likeness (QED) is 0.349. The molecule has 5 aromatic rings. The number of nitrogens with zero attached hydrogens (tertiary/aromatic N) is 4. The molecule has 170 valence electrons. The van der Waals surface area contributed by atoms with Crippen LogP contribution in [-0.4, -0.2) is 18.7 Å². The molecular formula is C25H17Cl2FN4O2. The lowest BCUT2D eigenvalue weighted by Gasteiger charge is -2.13. The Balaban J connectivity index is 1.75. The molecule has 0 bridgehead atoms. The van der Waals surface area contributed by atoms with Gasteiger partial charge in [0, 0.05) is 10.0 Å². The molecule has 0 spiro atoms. The lowest BCUT2D eigenvalue weighted by atomic mass is 10.2. The molecule has 0 aliphatic rings. The summed E-state index contributed by atoms with van der Waals surface area (Å²) in [5.41, 5.74) is 1.33. The van der Waals surface area contributed by atoms with E-state index in [2.05, 4.69) is 4.98 Å². The Morgan fingerprint density at radius 2 is 1.56 bits per heavy atom. The van der Waals surface area contributed by atoms with Crippen LogP contribution in [-0.2, 0) is 13.1 Å². The van der Waals surface area contributed by atoms with E-state index in [-0.39, 0.29) is 17.7 Å². The largest absolute Gasteiger partial charge is 0.337 e. The first-order chi connectivity index (χ1) is 16.4. The number of aromatic nitrogens is 4. The van der Waals surface area contributed by atoms with Crippen LogP contribution in [0.3, 0.4) is 0 Å². The van der Waals surface area contributed by atoms with Crippen LogP contribution in [0.25, 0.3) is 16.9 Å². The highest BCUT2D eigenvalue weighted by molar-refractivity contribution is 6.31. The third-order valence-corrected chi connectivity index (χ3v) is 6.16. The van der Waals surface area contributed by atoms with E-state index >= 15 is 0 Å². The van der Waals surface area contributed by atoms with E-state index in [0.717, 1.165) is 10.1 Å². The van der Waals surface area contributed by atoms with E-state index in [9.17, 15) is 14.0 Å². The topological polar surface area (TPSA) is 61.8 Å². The fourth-order valence-electron chi connectivity index (χ4n) is 3.84. The number of benzene rings is 3. The van der Waals surface area contributed by atoms with Crippen LogP contribution in [0.5, 0.6) is 0 Å². The Kier molecular flexibility index (Phi) is 5.81. The fraction of sp³-hybridized carbons (Fsp3) is 0.0800. The summed E-state index contributed by atoms with van der Waals surface area (Å²) in [5.74, 6) is -0.400. The van der Waals surface area contributed by atoms with Crippen molar-refractivity contribution in [1.82, 2.24) is 18.7 Å². The number of halogens is 3. The summed E-state index contributed by atoms with van der Waals surface area (Å²) in [7, 11) is 0. The van der Waals surface area contributed by atoms with Crippen molar-refractivity contribution in [2.75, 3.05) is 0 Å². The zero-order valence-electron chi connectivity index (χ0n) is 17.7. The monoisotopic (exact) mass is 494 g/mol. The lowest BCUT2D eigenvalue weighted by Crippen LogP contribution is -2.40. The number of fused-ring (bicyclic) bond motifs is 1. The third-order valence-electron chi connectivity index (χ3n) is 5.54. The zero-order chi connectivity index (χ0) is 23.8. The van der Waals surface area contributed by atoms with Gasteiger partial charge in [-0.1, -0.05) is 53.5 Å². The second-order valence-corrected chi connectivity index (χ2v) is 8.59. The van der Waals surface area contributed by atoms with Crippen molar-refractivity contribution in [2.24, 2.45) is 0 Å². The van der Waals surface area contributed by atoms with Gasteiger partial charge in [0.2, 0.25) is 0 Å².